The van der Waals surface area contributed by atoms with E-state index in [1.165, 1.54) is 25.7 Å². The molecule has 0 amide bonds. The van der Waals surface area contributed by atoms with Crippen molar-refractivity contribution in [3.8, 4) is 0 Å². The third-order valence-electron chi connectivity index (χ3n) is 1.89. The molecule has 0 rings (SSSR count). The van der Waals surface area contributed by atoms with Crippen molar-refractivity contribution in [3.05, 3.63) is 37.0 Å². The van der Waals surface area contributed by atoms with Crippen LogP contribution in [0.4, 0.5) is 0 Å². The summed E-state index contributed by atoms with van der Waals surface area (Å²) in [6, 6.07) is 0. The summed E-state index contributed by atoms with van der Waals surface area (Å²) >= 11 is 0. The predicted molar refractivity (Wildman–Crippen MR) is 60.5 cm³/mol. The molecule has 1 radical (unpaired) electrons. The zero-order chi connectivity index (χ0) is 9.78. The number of hydrogen-bond donors (Lipinski definition) is 0. The summed E-state index contributed by atoms with van der Waals surface area (Å²) < 4.78 is 0. The van der Waals surface area contributed by atoms with Crippen LogP contribution in [-0.2, 0) is 0 Å². The zero-order valence-corrected chi connectivity index (χ0v) is 8.71. The number of rotatable bonds is 8. The lowest BCUT2D eigenvalue weighted by Crippen LogP contribution is -1.74. The molecule has 0 saturated carbocycles. The van der Waals surface area contributed by atoms with Crippen LogP contribution in [0.2, 0.25) is 0 Å². The van der Waals surface area contributed by atoms with Crippen LogP contribution in [-0.4, -0.2) is 0 Å². The quantitative estimate of drug-likeness (QED) is 0.292. The van der Waals surface area contributed by atoms with Crippen molar-refractivity contribution in [1.82, 2.24) is 0 Å². The summed E-state index contributed by atoms with van der Waals surface area (Å²) in [6.45, 7) is 7.37. The molecule has 0 aliphatic heterocycles. The zero-order valence-electron chi connectivity index (χ0n) is 8.71. The van der Waals surface area contributed by atoms with Crippen LogP contribution in [0, 0.1) is 6.58 Å². The number of hydrogen-bond acceptors (Lipinski definition) is 0. The second-order valence-electron chi connectivity index (χ2n) is 3.14. The van der Waals surface area contributed by atoms with Crippen molar-refractivity contribution in [3.63, 3.8) is 0 Å². The standard InChI is InChI=1S/C13H21/c1-3-5-7-9-11-13-12-10-8-6-4-2/h1,3,5-8H,4,9-13H2,2H3. The highest BCUT2D eigenvalue weighted by Gasteiger charge is 1.84. The van der Waals surface area contributed by atoms with Crippen molar-refractivity contribution >= 4 is 0 Å². The Balaban J connectivity index is 3.03. The second kappa shape index (κ2) is 11.2. The largest absolute Gasteiger partial charge is 0.0888 e. The molecular weight excluding hydrogens is 156 g/mol. The van der Waals surface area contributed by atoms with E-state index in [9.17, 15) is 0 Å². The van der Waals surface area contributed by atoms with E-state index in [0.29, 0.717) is 0 Å². The molecule has 0 fully saturated rings. The first-order valence-corrected chi connectivity index (χ1v) is 5.27. The molecule has 0 heterocycles. The maximum atomic E-state index is 5.20. The predicted octanol–water partition coefficient (Wildman–Crippen LogP) is 4.45. The molecule has 0 N–H and O–H groups in total. The van der Waals surface area contributed by atoms with E-state index in [1.54, 1.807) is 6.08 Å². The van der Waals surface area contributed by atoms with Gasteiger partial charge in [-0.25, -0.2) is 0 Å². The molecule has 0 nitrogen and oxygen atoms in total. The van der Waals surface area contributed by atoms with Crippen LogP contribution >= 0.6 is 0 Å². The van der Waals surface area contributed by atoms with Crippen molar-refractivity contribution in [1.29, 1.82) is 0 Å². The molecule has 0 atom stereocenters. The Morgan fingerprint density at radius 3 is 2.23 bits per heavy atom. The summed E-state index contributed by atoms with van der Waals surface area (Å²) in [6.07, 6.45) is 17.6. The van der Waals surface area contributed by atoms with E-state index < -0.39 is 0 Å². The SMILES string of the molecule is [CH]=CC=CCCCCCC=CCC. The Kier molecular flexibility index (Phi) is 10.5. The summed E-state index contributed by atoms with van der Waals surface area (Å²) in [4.78, 5) is 0. The van der Waals surface area contributed by atoms with Crippen LogP contribution in [0.3, 0.4) is 0 Å². The molecule has 0 aromatic heterocycles. The molecule has 0 spiro atoms. The Morgan fingerprint density at radius 2 is 1.62 bits per heavy atom. The summed E-state index contributed by atoms with van der Waals surface area (Å²) in [5.41, 5.74) is 0. The van der Waals surface area contributed by atoms with E-state index in [-0.39, 0.29) is 0 Å². The normalized spacial score (nSPS) is 11.5. The lowest BCUT2D eigenvalue weighted by molar-refractivity contribution is 0.695. The summed E-state index contributed by atoms with van der Waals surface area (Å²) in [5.74, 6) is 0. The van der Waals surface area contributed by atoms with Crippen LogP contribution in [0.1, 0.15) is 45.4 Å². The monoisotopic (exact) mass is 177 g/mol. The molecule has 13 heavy (non-hydrogen) atoms. The molecular formula is C13H21. The van der Waals surface area contributed by atoms with Crippen molar-refractivity contribution < 1.29 is 0 Å². The molecule has 73 valence electrons. The topological polar surface area (TPSA) is 0 Å². The summed E-state index contributed by atoms with van der Waals surface area (Å²) in [5, 5.41) is 0. The smallest absolute Gasteiger partial charge is 0.0348 e. The molecule has 0 heteroatoms. The minimum absolute atomic E-state index is 1.16. The van der Waals surface area contributed by atoms with Gasteiger partial charge in [-0.05, 0) is 32.1 Å². The fourth-order valence-corrected chi connectivity index (χ4v) is 1.16. The van der Waals surface area contributed by atoms with Gasteiger partial charge in [0.1, 0.15) is 0 Å². The van der Waals surface area contributed by atoms with E-state index in [0.717, 1.165) is 12.8 Å². The molecule has 0 aromatic rings. The highest BCUT2D eigenvalue weighted by Crippen LogP contribution is 2.04. The lowest BCUT2D eigenvalue weighted by atomic mass is 10.1. The molecule has 0 saturated heterocycles. The van der Waals surface area contributed by atoms with E-state index >= 15 is 0 Å². The Morgan fingerprint density at radius 1 is 0.923 bits per heavy atom. The van der Waals surface area contributed by atoms with Crippen molar-refractivity contribution in [2.24, 2.45) is 0 Å². The molecule has 0 unspecified atom stereocenters. The third-order valence-corrected chi connectivity index (χ3v) is 1.89. The Hall–Kier alpha value is -0.780. The number of unbranched alkanes of at least 4 members (excludes halogenated alkanes) is 4. The van der Waals surface area contributed by atoms with Crippen LogP contribution in [0.5, 0.6) is 0 Å². The first-order chi connectivity index (χ1) is 6.41. The van der Waals surface area contributed by atoms with Gasteiger partial charge < -0.3 is 0 Å². The van der Waals surface area contributed by atoms with E-state index in [2.05, 4.69) is 25.2 Å². The van der Waals surface area contributed by atoms with Crippen molar-refractivity contribution in [2.45, 2.75) is 45.4 Å². The van der Waals surface area contributed by atoms with E-state index in [4.69, 9.17) is 6.58 Å². The molecule has 0 bridgehead atoms. The summed E-state index contributed by atoms with van der Waals surface area (Å²) in [7, 11) is 0. The fourth-order valence-electron chi connectivity index (χ4n) is 1.16. The van der Waals surface area contributed by atoms with Gasteiger partial charge in [0.2, 0.25) is 0 Å². The highest BCUT2D eigenvalue weighted by atomic mass is 13.9. The third kappa shape index (κ3) is 11.2. The molecule has 0 aliphatic rings. The second-order valence-corrected chi connectivity index (χ2v) is 3.14. The van der Waals surface area contributed by atoms with Crippen molar-refractivity contribution in [2.75, 3.05) is 0 Å². The van der Waals surface area contributed by atoms with E-state index in [1.807, 2.05) is 6.08 Å². The van der Waals surface area contributed by atoms with Gasteiger partial charge in [0.15, 0.2) is 0 Å². The van der Waals surface area contributed by atoms with Crippen LogP contribution in [0.15, 0.2) is 30.4 Å². The van der Waals surface area contributed by atoms with Gasteiger partial charge in [0, 0.05) is 0 Å². The number of allylic oxidation sites excluding steroid dienone is 5. The van der Waals surface area contributed by atoms with Gasteiger partial charge in [0.05, 0.1) is 0 Å². The van der Waals surface area contributed by atoms with Gasteiger partial charge in [-0.15, -0.1) is 0 Å². The maximum Gasteiger partial charge on any atom is -0.0348 e. The first kappa shape index (κ1) is 12.2. The maximum absolute atomic E-state index is 5.20. The van der Waals surface area contributed by atoms with Crippen LogP contribution < -0.4 is 0 Å². The minimum atomic E-state index is 1.16. The molecule has 0 aromatic carbocycles. The Labute approximate surface area is 83.0 Å². The van der Waals surface area contributed by atoms with Gasteiger partial charge >= 0.3 is 0 Å². The highest BCUT2D eigenvalue weighted by molar-refractivity contribution is 4.95. The molecule has 0 aliphatic carbocycles. The van der Waals surface area contributed by atoms with Gasteiger partial charge in [0.25, 0.3) is 0 Å². The average Bonchev–Trinajstić information content (AvgIpc) is 2.16. The van der Waals surface area contributed by atoms with Gasteiger partial charge in [-0.2, -0.15) is 0 Å². The first-order valence-electron chi connectivity index (χ1n) is 5.27. The Bertz CT molecular complexity index is 151. The lowest BCUT2D eigenvalue weighted by Gasteiger charge is -1.94. The minimum Gasteiger partial charge on any atom is -0.0888 e. The fraction of sp³-hybridized carbons (Fsp3) is 0.538. The van der Waals surface area contributed by atoms with Crippen LogP contribution in [0.25, 0.3) is 0 Å². The van der Waals surface area contributed by atoms with Gasteiger partial charge in [-0.3, -0.25) is 0 Å². The average molecular weight is 177 g/mol. The van der Waals surface area contributed by atoms with Gasteiger partial charge in [-0.1, -0.05) is 50.3 Å².